The van der Waals surface area contributed by atoms with Crippen LogP contribution >= 0.6 is 11.6 Å². The second kappa shape index (κ2) is 9.41. The van der Waals surface area contributed by atoms with Crippen molar-refractivity contribution in [3.8, 4) is 0 Å². The van der Waals surface area contributed by atoms with Gasteiger partial charge in [0, 0.05) is 28.3 Å². The minimum Gasteiger partial charge on any atom is -0.324 e. The van der Waals surface area contributed by atoms with Crippen molar-refractivity contribution < 1.29 is 18.4 Å². The molecular formula is C26H23ClF2N2O2. The number of nitrogens with one attached hydrogen (secondary N) is 1. The first-order valence-corrected chi connectivity index (χ1v) is 11.1. The second-order valence-electron chi connectivity index (χ2n) is 8.35. The Morgan fingerprint density at radius 3 is 2.58 bits per heavy atom. The summed E-state index contributed by atoms with van der Waals surface area (Å²) in [6, 6.07) is 17.5. The van der Waals surface area contributed by atoms with Crippen LogP contribution in [-0.2, 0) is 11.3 Å². The Balaban J connectivity index is 1.60. The molecule has 170 valence electrons. The first kappa shape index (κ1) is 23.1. The van der Waals surface area contributed by atoms with Gasteiger partial charge in [-0.05, 0) is 50.6 Å². The van der Waals surface area contributed by atoms with Crippen molar-refractivity contribution in [1.29, 1.82) is 0 Å². The van der Waals surface area contributed by atoms with Crippen LogP contribution in [-0.4, -0.2) is 28.7 Å². The van der Waals surface area contributed by atoms with Gasteiger partial charge >= 0.3 is 0 Å². The summed E-state index contributed by atoms with van der Waals surface area (Å²) in [5.74, 6) is -2.39. The highest BCUT2D eigenvalue weighted by Gasteiger charge is 2.43. The number of hydrogen-bond donors (Lipinski definition) is 1. The Kier molecular flexibility index (Phi) is 6.58. The molecular weight excluding hydrogens is 446 g/mol. The average molecular weight is 469 g/mol. The van der Waals surface area contributed by atoms with E-state index >= 15 is 0 Å². The second-order valence-corrected chi connectivity index (χ2v) is 8.79. The van der Waals surface area contributed by atoms with E-state index in [0.717, 1.165) is 12.5 Å². The molecule has 4 nitrogen and oxygen atoms in total. The zero-order chi connectivity index (χ0) is 23.6. The zero-order valence-electron chi connectivity index (χ0n) is 18.1. The number of ketones is 1. The van der Waals surface area contributed by atoms with Gasteiger partial charge in [0.15, 0.2) is 17.4 Å². The number of rotatable bonds is 6. The van der Waals surface area contributed by atoms with Crippen LogP contribution in [0, 0.1) is 11.6 Å². The summed E-state index contributed by atoms with van der Waals surface area (Å²) in [4.78, 5) is 28.3. The predicted molar refractivity (Wildman–Crippen MR) is 124 cm³/mol. The van der Waals surface area contributed by atoms with Crippen LogP contribution in [0.1, 0.15) is 41.3 Å². The van der Waals surface area contributed by atoms with Crippen molar-refractivity contribution >= 4 is 29.0 Å². The van der Waals surface area contributed by atoms with Crippen LogP contribution in [0.3, 0.4) is 0 Å². The minimum absolute atomic E-state index is 0.101. The van der Waals surface area contributed by atoms with Crippen LogP contribution in [0.25, 0.3) is 0 Å². The lowest BCUT2D eigenvalue weighted by Crippen LogP contribution is -2.50. The van der Waals surface area contributed by atoms with Crippen molar-refractivity contribution in [2.45, 2.75) is 31.8 Å². The van der Waals surface area contributed by atoms with E-state index in [-0.39, 0.29) is 29.4 Å². The van der Waals surface area contributed by atoms with Crippen LogP contribution in [0.5, 0.6) is 0 Å². The molecule has 0 aromatic heterocycles. The molecule has 1 aliphatic rings. The summed E-state index contributed by atoms with van der Waals surface area (Å²) in [5.41, 5.74) is 0.355. The molecule has 1 saturated heterocycles. The zero-order valence-corrected chi connectivity index (χ0v) is 18.8. The van der Waals surface area contributed by atoms with Crippen LogP contribution in [0.4, 0.5) is 14.5 Å². The standard InChI is InChI=1S/C26H23ClF2N2O2/c1-26(13-6-14-31(26)16-18-9-5-10-21(28)23(18)29)25(33)30-22-12-11-19(27)15-20(22)24(32)17-7-3-2-4-8-17/h2-5,7-12,15H,6,13-14,16H2,1H3,(H,30,33)/t26-/m1/s1. The fraction of sp³-hybridized carbons (Fsp3) is 0.231. The van der Waals surface area contributed by atoms with Gasteiger partial charge in [-0.1, -0.05) is 54.1 Å². The molecule has 3 aromatic rings. The molecule has 1 aliphatic heterocycles. The maximum atomic E-state index is 14.2. The Morgan fingerprint density at radius 1 is 1.06 bits per heavy atom. The molecule has 0 saturated carbocycles. The van der Waals surface area contributed by atoms with E-state index in [1.54, 1.807) is 43.3 Å². The maximum Gasteiger partial charge on any atom is 0.244 e. The van der Waals surface area contributed by atoms with Gasteiger partial charge in [0.25, 0.3) is 0 Å². The molecule has 0 bridgehead atoms. The molecule has 3 aromatic carbocycles. The lowest BCUT2D eigenvalue weighted by Gasteiger charge is -2.34. The Morgan fingerprint density at radius 2 is 1.82 bits per heavy atom. The van der Waals surface area contributed by atoms with Gasteiger partial charge in [-0.3, -0.25) is 14.5 Å². The van der Waals surface area contributed by atoms with Crippen molar-refractivity contribution in [2.75, 3.05) is 11.9 Å². The molecule has 1 amide bonds. The van der Waals surface area contributed by atoms with E-state index in [4.69, 9.17) is 11.6 Å². The van der Waals surface area contributed by atoms with Crippen molar-refractivity contribution in [3.63, 3.8) is 0 Å². The summed E-state index contributed by atoms with van der Waals surface area (Å²) >= 11 is 6.14. The highest BCUT2D eigenvalue weighted by atomic mass is 35.5. The van der Waals surface area contributed by atoms with Gasteiger partial charge in [0.05, 0.1) is 11.2 Å². The molecule has 7 heteroatoms. The minimum atomic E-state index is -0.953. The normalized spacial score (nSPS) is 18.3. The fourth-order valence-corrected chi connectivity index (χ4v) is 4.39. The van der Waals surface area contributed by atoms with Gasteiger partial charge in [0.2, 0.25) is 5.91 Å². The first-order chi connectivity index (χ1) is 15.8. The van der Waals surface area contributed by atoms with Gasteiger partial charge in [-0.25, -0.2) is 8.78 Å². The van der Waals surface area contributed by atoms with Gasteiger partial charge in [0.1, 0.15) is 0 Å². The molecule has 1 N–H and O–H groups in total. The number of carbonyl (C=O) groups excluding carboxylic acids is 2. The van der Waals surface area contributed by atoms with E-state index in [1.807, 2.05) is 11.0 Å². The van der Waals surface area contributed by atoms with Crippen LogP contribution in [0.2, 0.25) is 5.02 Å². The highest BCUT2D eigenvalue weighted by molar-refractivity contribution is 6.31. The third-order valence-electron chi connectivity index (χ3n) is 6.18. The number of hydrogen-bond acceptors (Lipinski definition) is 3. The number of nitrogens with zero attached hydrogens (tertiary/aromatic N) is 1. The first-order valence-electron chi connectivity index (χ1n) is 10.7. The molecule has 0 radical (unpaired) electrons. The van der Waals surface area contributed by atoms with E-state index in [2.05, 4.69) is 5.32 Å². The summed E-state index contributed by atoms with van der Waals surface area (Å²) in [6.45, 7) is 2.45. The Hall–Kier alpha value is -3.09. The van der Waals surface area contributed by atoms with Gasteiger partial charge in [-0.15, -0.1) is 0 Å². The number of anilines is 1. The molecule has 1 fully saturated rings. The fourth-order valence-electron chi connectivity index (χ4n) is 4.22. The molecule has 1 atom stereocenters. The topological polar surface area (TPSA) is 49.4 Å². The lowest BCUT2D eigenvalue weighted by atomic mass is 9.95. The van der Waals surface area contributed by atoms with Crippen molar-refractivity contribution in [3.05, 3.63) is 100 Å². The van der Waals surface area contributed by atoms with Gasteiger partial charge < -0.3 is 5.32 Å². The number of carbonyl (C=O) groups is 2. The third-order valence-corrected chi connectivity index (χ3v) is 6.42. The van der Waals surface area contributed by atoms with E-state index in [0.29, 0.717) is 29.2 Å². The van der Waals surface area contributed by atoms with Crippen molar-refractivity contribution in [2.24, 2.45) is 0 Å². The van der Waals surface area contributed by atoms with Crippen LogP contribution < -0.4 is 5.32 Å². The number of benzene rings is 3. The monoisotopic (exact) mass is 468 g/mol. The molecule has 4 rings (SSSR count). The summed E-state index contributed by atoms with van der Waals surface area (Å²) in [7, 11) is 0. The smallest absolute Gasteiger partial charge is 0.244 e. The third kappa shape index (κ3) is 4.68. The summed E-state index contributed by atoms with van der Waals surface area (Å²) in [5, 5.41) is 3.26. The number of likely N-dealkylation sites (tertiary alicyclic amines) is 1. The van der Waals surface area contributed by atoms with E-state index < -0.39 is 17.2 Å². The number of halogens is 3. The Bertz CT molecular complexity index is 1200. The van der Waals surface area contributed by atoms with Gasteiger partial charge in [-0.2, -0.15) is 0 Å². The van der Waals surface area contributed by atoms with Crippen LogP contribution in [0.15, 0.2) is 66.7 Å². The van der Waals surface area contributed by atoms with E-state index in [9.17, 15) is 18.4 Å². The summed E-state index contributed by atoms with van der Waals surface area (Å²) < 4.78 is 27.9. The highest BCUT2D eigenvalue weighted by Crippen LogP contribution is 2.33. The molecule has 33 heavy (non-hydrogen) atoms. The molecule has 0 spiro atoms. The SMILES string of the molecule is C[C@]1(C(=O)Nc2ccc(Cl)cc2C(=O)c2ccccc2)CCCN1Cc1cccc(F)c1F. The predicted octanol–water partition coefficient (Wildman–Crippen LogP) is 5.84. The largest absolute Gasteiger partial charge is 0.324 e. The Labute approximate surface area is 196 Å². The maximum absolute atomic E-state index is 14.2. The molecule has 1 heterocycles. The quantitative estimate of drug-likeness (QED) is 0.462. The molecule has 0 aliphatic carbocycles. The van der Waals surface area contributed by atoms with Crippen molar-refractivity contribution in [1.82, 2.24) is 4.90 Å². The number of amides is 1. The lowest BCUT2D eigenvalue weighted by molar-refractivity contribution is -0.125. The van der Waals surface area contributed by atoms with E-state index in [1.165, 1.54) is 18.2 Å². The molecule has 0 unspecified atom stereocenters. The average Bonchev–Trinajstić information content (AvgIpc) is 3.19. The summed E-state index contributed by atoms with van der Waals surface area (Å²) in [6.07, 6.45) is 1.28.